The molecule has 0 spiro atoms. The quantitative estimate of drug-likeness (QED) is 0.570. The number of piperidine rings is 1. The Morgan fingerprint density at radius 1 is 1.50 bits per heavy atom. The number of rotatable bonds is 1. The van der Waals surface area contributed by atoms with Gasteiger partial charge in [-0.3, -0.25) is 0 Å². The Bertz CT molecular complexity index is 106. The normalized spacial score (nSPS) is 34.8. The molecule has 1 saturated heterocycles. The lowest BCUT2D eigenvalue weighted by Crippen LogP contribution is -2.48. The van der Waals surface area contributed by atoms with E-state index in [4.69, 9.17) is 0 Å². The van der Waals surface area contributed by atoms with Gasteiger partial charge in [0.1, 0.15) is 6.17 Å². The topological polar surface area (TPSA) is 15.3 Å². The summed E-state index contributed by atoms with van der Waals surface area (Å²) in [5, 5.41) is 3.02. The Labute approximate surface area is 61.4 Å². The van der Waals surface area contributed by atoms with E-state index in [1.807, 2.05) is 19.0 Å². The molecule has 1 aliphatic heterocycles. The van der Waals surface area contributed by atoms with Crippen molar-refractivity contribution in [2.24, 2.45) is 0 Å². The molecule has 1 fully saturated rings. The molecule has 0 aromatic rings. The molecule has 60 valence electrons. The van der Waals surface area contributed by atoms with Crippen molar-refractivity contribution in [2.45, 2.75) is 18.6 Å². The van der Waals surface area contributed by atoms with Gasteiger partial charge in [-0.1, -0.05) is 0 Å². The van der Waals surface area contributed by atoms with Crippen LogP contribution in [-0.4, -0.2) is 44.3 Å². The molecule has 0 amide bonds. The first-order valence-electron chi connectivity index (χ1n) is 3.73. The van der Waals surface area contributed by atoms with Gasteiger partial charge in [-0.2, -0.15) is 0 Å². The molecule has 2 nitrogen and oxygen atoms in total. The Kier molecular flexibility index (Phi) is 2.63. The molecular weight excluding hydrogens is 131 g/mol. The van der Waals surface area contributed by atoms with Crippen LogP contribution in [0.1, 0.15) is 6.42 Å². The molecular formula is C7H15FN2. The van der Waals surface area contributed by atoms with Crippen LogP contribution in [0.5, 0.6) is 0 Å². The van der Waals surface area contributed by atoms with Crippen molar-refractivity contribution in [3.05, 3.63) is 0 Å². The van der Waals surface area contributed by atoms with Gasteiger partial charge in [0, 0.05) is 12.6 Å². The molecule has 3 heteroatoms. The van der Waals surface area contributed by atoms with Crippen LogP contribution < -0.4 is 5.32 Å². The summed E-state index contributed by atoms with van der Waals surface area (Å²) in [6.07, 6.45) is 0.234. The zero-order valence-electron chi connectivity index (χ0n) is 6.60. The van der Waals surface area contributed by atoms with E-state index in [0.717, 1.165) is 13.0 Å². The fourth-order valence-corrected chi connectivity index (χ4v) is 1.39. The molecule has 1 rings (SSSR count). The summed E-state index contributed by atoms with van der Waals surface area (Å²) in [4.78, 5) is 1.96. The maximum Gasteiger partial charge on any atom is 0.128 e. The summed E-state index contributed by atoms with van der Waals surface area (Å²) in [5.41, 5.74) is 0. The lowest BCUT2D eigenvalue weighted by molar-refractivity contribution is 0.125. The molecule has 10 heavy (non-hydrogen) atoms. The van der Waals surface area contributed by atoms with E-state index in [2.05, 4.69) is 5.32 Å². The molecule has 0 aromatic heterocycles. The predicted molar refractivity (Wildman–Crippen MR) is 39.9 cm³/mol. The molecule has 1 aliphatic rings. The molecule has 0 unspecified atom stereocenters. The fourth-order valence-electron chi connectivity index (χ4n) is 1.39. The van der Waals surface area contributed by atoms with Crippen molar-refractivity contribution < 1.29 is 4.39 Å². The van der Waals surface area contributed by atoms with Crippen LogP contribution in [0.25, 0.3) is 0 Å². The van der Waals surface area contributed by atoms with E-state index in [9.17, 15) is 4.39 Å². The Balaban J connectivity index is 2.40. The second-order valence-electron chi connectivity index (χ2n) is 3.04. The van der Waals surface area contributed by atoms with E-state index in [1.54, 1.807) is 0 Å². The van der Waals surface area contributed by atoms with Gasteiger partial charge >= 0.3 is 0 Å². The maximum absolute atomic E-state index is 13.0. The van der Waals surface area contributed by atoms with Crippen LogP contribution in [-0.2, 0) is 0 Å². The highest BCUT2D eigenvalue weighted by molar-refractivity contribution is 4.82. The van der Waals surface area contributed by atoms with Crippen LogP contribution in [0.3, 0.4) is 0 Å². The van der Waals surface area contributed by atoms with Crippen molar-refractivity contribution in [1.29, 1.82) is 0 Å². The van der Waals surface area contributed by atoms with Gasteiger partial charge in [-0.15, -0.1) is 0 Å². The summed E-state index contributed by atoms with van der Waals surface area (Å²) >= 11 is 0. The zero-order valence-corrected chi connectivity index (χ0v) is 6.60. The van der Waals surface area contributed by atoms with Crippen LogP contribution >= 0.6 is 0 Å². The van der Waals surface area contributed by atoms with Crippen molar-refractivity contribution >= 4 is 0 Å². The standard InChI is InChI=1S/C7H15FN2/c1-10(2)7-3-4-9-5-6(7)8/h6-7,9H,3-5H2,1-2H3/t6-,7-/m1/s1. The third kappa shape index (κ3) is 1.67. The van der Waals surface area contributed by atoms with Gasteiger partial charge in [0.15, 0.2) is 0 Å². The summed E-state index contributed by atoms with van der Waals surface area (Å²) < 4.78 is 13.0. The van der Waals surface area contributed by atoms with Crippen LogP contribution in [0.4, 0.5) is 4.39 Å². The third-order valence-corrected chi connectivity index (χ3v) is 2.04. The van der Waals surface area contributed by atoms with Gasteiger partial charge in [0.05, 0.1) is 0 Å². The number of hydrogen-bond donors (Lipinski definition) is 1. The summed E-state index contributed by atoms with van der Waals surface area (Å²) in [7, 11) is 3.87. The smallest absolute Gasteiger partial charge is 0.128 e. The van der Waals surface area contributed by atoms with Crippen molar-refractivity contribution in [3.8, 4) is 0 Å². The zero-order chi connectivity index (χ0) is 7.56. The average Bonchev–Trinajstić information content (AvgIpc) is 1.88. The average molecular weight is 146 g/mol. The molecule has 0 radical (unpaired) electrons. The minimum Gasteiger partial charge on any atom is -0.314 e. The Morgan fingerprint density at radius 3 is 2.60 bits per heavy atom. The molecule has 0 aromatic carbocycles. The highest BCUT2D eigenvalue weighted by atomic mass is 19.1. The highest BCUT2D eigenvalue weighted by Crippen LogP contribution is 2.11. The first kappa shape index (κ1) is 7.95. The Morgan fingerprint density at radius 2 is 2.20 bits per heavy atom. The molecule has 0 bridgehead atoms. The number of alkyl halides is 1. The minimum absolute atomic E-state index is 0.126. The van der Waals surface area contributed by atoms with E-state index >= 15 is 0 Å². The highest BCUT2D eigenvalue weighted by Gasteiger charge is 2.25. The van der Waals surface area contributed by atoms with Crippen molar-refractivity contribution in [3.63, 3.8) is 0 Å². The molecule has 0 aliphatic carbocycles. The number of halogens is 1. The Hall–Kier alpha value is -0.150. The lowest BCUT2D eigenvalue weighted by Gasteiger charge is -2.31. The van der Waals surface area contributed by atoms with E-state index in [-0.39, 0.29) is 6.04 Å². The first-order chi connectivity index (χ1) is 4.72. The van der Waals surface area contributed by atoms with Crippen molar-refractivity contribution in [2.75, 3.05) is 27.2 Å². The van der Waals surface area contributed by atoms with Crippen LogP contribution in [0.2, 0.25) is 0 Å². The van der Waals surface area contributed by atoms with E-state index in [1.165, 1.54) is 0 Å². The van der Waals surface area contributed by atoms with Crippen LogP contribution in [0, 0.1) is 0 Å². The second-order valence-corrected chi connectivity index (χ2v) is 3.04. The number of hydrogen-bond acceptors (Lipinski definition) is 2. The number of nitrogens with zero attached hydrogens (tertiary/aromatic N) is 1. The van der Waals surface area contributed by atoms with Gasteiger partial charge in [-0.05, 0) is 27.1 Å². The summed E-state index contributed by atoms with van der Waals surface area (Å²) in [6, 6.07) is 0.126. The molecule has 0 saturated carbocycles. The molecule has 1 heterocycles. The molecule has 1 N–H and O–H groups in total. The van der Waals surface area contributed by atoms with Gasteiger partial charge in [0.25, 0.3) is 0 Å². The van der Waals surface area contributed by atoms with E-state index in [0.29, 0.717) is 6.54 Å². The number of nitrogens with one attached hydrogen (secondary N) is 1. The largest absolute Gasteiger partial charge is 0.314 e. The lowest BCUT2D eigenvalue weighted by atomic mass is 10.0. The third-order valence-electron chi connectivity index (χ3n) is 2.04. The maximum atomic E-state index is 13.0. The SMILES string of the molecule is CN(C)[C@@H]1CCNC[C@H]1F. The summed E-state index contributed by atoms with van der Waals surface area (Å²) in [6.45, 7) is 1.46. The van der Waals surface area contributed by atoms with Gasteiger partial charge < -0.3 is 10.2 Å². The summed E-state index contributed by atoms with van der Waals surface area (Å²) in [5.74, 6) is 0. The predicted octanol–water partition coefficient (Wildman–Crippen LogP) is 0.248. The second kappa shape index (κ2) is 3.30. The molecule has 2 atom stereocenters. The van der Waals surface area contributed by atoms with Crippen LogP contribution in [0.15, 0.2) is 0 Å². The monoisotopic (exact) mass is 146 g/mol. The fraction of sp³-hybridized carbons (Fsp3) is 1.00. The van der Waals surface area contributed by atoms with Gasteiger partial charge in [-0.25, -0.2) is 4.39 Å². The first-order valence-corrected chi connectivity index (χ1v) is 3.73. The minimum atomic E-state index is -0.691. The van der Waals surface area contributed by atoms with E-state index < -0.39 is 6.17 Å². The van der Waals surface area contributed by atoms with Crippen molar-refractivity contribution in [1.82, 2.24) is 10.2 Å². The van der Waals surface area contributed by atoms with Gasteiger partial charge in [0.2, 0.25) is 0 Å².